The van der Waals surface area contributed by atoms with Crippen molar-refractivity contribution in [2.24, 2.45) is 5.14 Å². The fourth-order valence-electron chi connectivity index (χ4n) is 3.24. The minimum absolute atomic E-state index is 0.0505. The number of sulfonamides is 1. The van der Waals surface area contributed by atoms with Crippen molar-refractivity contribution in [2.45, 2.75) is 17.7 Å². The second-order valence-corrected chi connectivity index (χ2v) is 8.39. The van der Waals surface area contributed by atoms with Gasteiger partial charge in [-0.2, -0.15) is 4.98 Å². The molecular formula is C19H18ClN5O2S. The fraction of sp³-hybridized carbons (Fsp3) is 0.158. The molecule has 4 rings (SSSR count). The third-order valence-corrected chi connectivity index (χ3v) is 5.83. The molecule has 0 fully saturated rings. The molecule has 2 aromatic carbocycles. The van der Waals surface area contributed by atoms with Crippen molar-refractivity contribution in [1.29, 1.82) is 0 Å². The molecule has 1 aromatic heterocycles. The lowest BCUT2D eigenvalue weighted by molar-refractivity contribution is 0.598. The number of hydrogen-bond acceptors (Lipinski definition) is 6. The van der Waals surface area contributed by atoms with Gasteiger partial charge in [-0.05, 0) is 60.9 Å². The van der Waals surface area contributed by atoms with E-state index in [9.17, 15) is 8.42 Å². The van der Waals surface area contributed by atoms with Crippen molar-refractivity contribution in [3.8, 4) is 0 Å². The van der Waals surface area contributed by atoms with Crippen LogP contribution >= 0.6 is 11.6 Å². The number of nitrogens with one attached hydrogen (secondary N) is 1. The van der Waals surface area contributed by atoms with Gasteiger partial charge in [-0.1, -0.05) is 17.7 Å². The number of hydrogen-bond donors (Lipinski definition) is 2. The molecule has 0 saturated carbocycles. The third-order valence-electron chi connectivity index (χ3n) is 4.55. The highest BCUT2D eigenvalue weighted by Crippen LogP contribution is 2.36. The topological polar surface area (TPSA) is 101 Å². The molecule has 1 aliphatic heterocycles. The zero-order chi connectivity index (χ0) is 19.7. The van der Waals surface area contributed by atoms with Crippen LogP contribution in [0.25, 0.3) is 0 Å². The molecule has 0 saturated heterocycles. The molecular weight excluding hydrogens is 398 g/mol. The van der Waals surface area contributed by atoms with E-state index in [1.807, 2.05) is 24.3 Å². The van der Waals surface area contributed by atoms with Gasteiger partial charge in [0.15, 0.2) is 0 Å². The summed E-state index contributed by atoms with van der Waals surface area (Å²) in [6, 6.07) is 13.8. The van der Waals surface area contributed by atoms with Crippen LogP contribution in [0.2, 0.25) is 5.02 Å². The van der Waals surface area contributed by atoms with Crippen molar-refractivity contribution in [1.82, 2.24) is 9.97 Å². The molecule has 0 aliphatic carbocycles. The number of anilines is 4. The van der Waals surface area contributed by atoms with Gasteiger partial charge in [0.2, 0.25) is 16.0 Å². The van der Waals surface area contributed by atoms with Crippen molar-refractivity contribution >= 4 is 44.8 Å². The lowest BCUT2D eigenvalue weighted by Crippen LogP contribution is -2.25. The van der Waals surface area contributed by atoms with Crippen LogP contribution in [0.3, 0.4) is 0 Å². The Morgan fingerprint density at radius 3 is 2.64 bits per heavy atom. The van der Waals surface area contributed by atoms with Gasteiger partial charge in [0.05, 0.1) is 4.90 Å². The molecule has 0 spiro atoms. The Bertz CT molecular complexity index is 1120. The lowest BCUT2D eigenvalue weighted by atomic mass is 10.0. The summed E-state index contributed by atoms with van der Waals surface area (Å²) in [5, 5.41) is 8.98. The number of rotatable bonds is 4. The first-order chi connectivity index (χ1) is 13.4. The van der Waals surface area contributed by atoms with Crippen LogP contribution in [0, 0.1) is 0 Å². The van der Waals surface area contributed by atoms with Crippen LogP contribution in [0.15, 0.2) is 59.6 Å². The van der Waals surface area contributed by atoms with Gasteiger partial charge in [0, 0.05) is 29.1 Å². The van der Waals surface area contributed by atoms with E-state index in [2.05, 4.69) is 20.2 Å². The number of halogens is 1. The minimum atomic E-state index is -3.72. The monoisotopic (exact) mass is 415 g/mol. The standard InChI is InChI=1S/C19H18ClN5O2S/c20-16-4-1-5-17-15(16)3-2-12-25(17)18-10-11-22-19(24-18)23-13-6-8-14(9-7-13)28(21,26)27/h1,4-11H,2-3,12H2,(H2,21,26,27)(H,22,23,24). The van der Waals surface area contributed by atoms with Gasteiger partial charge in [0.25, 0.3) is 0 Å². The summed E-state index contributed by atoms with van der Waals surface area (Å²) in [6.45, 7) is 0.840. The number of aromatic nitrogens is 2. The summed E-state index contributed by atoms with van der Waals surface area (Å²) >= 11 is 6.35. The molecule has 1 aliphatic rings. The average Bonchev–Trinajstić information content (AvgIpc) is 2.68. The van der Waals surface area contributed by atoms with Crippen molar-refractivity contribution in [2.75, 3.05) is 16.8 Å². The zero-order valence-electron chi connectivity index (χ0n) is 14.8. The normalized spacial score (nSPS) is 13.9. The van der Waals surface area contributed by atoms with E-state index in [0.29, 0.717) is 11.6 Å². The Morgan fingerprint density at radius 2 is 1.89 bits per heavy atom. The molecule has 0 radical (unpaired) electrons. The smallest absolute Gasteiger partial charge is 0.238 e. The summed E-state index contributed by atoms with van der Waals surface area (Å²) in [5.41, 5.74) is 2.84. The molecule has 2 heterocycles. The van der Waals surface area contributed by atoms with E-state index in [1.165, 1.54) is 12.1 Å². The predicted molar refractivity (Wildman–Crippen MR) is 110 cm³/mol. The minimum Gasteiger partial charge on any atom is -0.326 e. The Kier molecular flexibility index (Phi) is 4.92. The maximum atomic E-state index is 11.4. The van der Waals surface area contributed by atoms with Gasteiger partial charge in [-0.25, -0.2) is 18.5 Å². The Balaban J connectivity index is 1.60. The Labute approximate surface area is 168 Å². The summed E-state index contributed by atoms with van der Waals surface area (Å²) in [6.07, 6.45) is 3.61. The van der Waals surface area contributed by atoms with E-state index in [0.717, 1.165) is 41.5 Å². The molecule has 7 nitrogen and oxygen atoms in total. The molecule has 3 aromatic rings. The highest BCUT2D eigenvalue weighted by atomic mass is 35.5. The molecule has 144 valence electrons. The van der Waals surface area contributed by atoms with Gasteiger partial charge in [0.1, 0.15) is 5.82 Å². The molecule has 0 amide bonds. The largest absolute Gasteiger partial charge is 0.326 e. The first kappa shape index (κ1) is 18.7. The molecule has 3 N–H and O–H groups in total. The fourth-order valence-corrected chi connectivity index (χ4v) is 4.02. The zero-order valence-corrected chi connectivity index (χ0v) is 16.4. The summed E-state index contributed by atoms with van der Waals surface area (Å²) in [4.78, 5) is 11.0. The number of nitrogens with two attached hydrogens (primary N) is 1. The van der Waals surface area contributed by atoms with Crippen molar-refractivity contribution < 1.29 is 8.42 Å². The SMILES string of the molecule is NS(=O)(=O)c1ccc(Nc2nccc(N3CCCc4c(Cl)cccc43)n2)cc1. The lowest BCUT2D eigenvalue weighted by Gasteiger charge is -2.31. The summed E-state index contributed by atoms with van der Waals surface area (Å²) in [7, 11) is -3.72. The molecule has 9 heteroatoms. The molecule has 0 unspecified atom stereocenters. The number of benzene rings is 2. The molecule has 28 heavy (non-hydrogen) atoms. The second-order valence-electron chi connectivity index (χ2n) is 6.43. The summed E-state index contributed by atoms with van der Waals surface area (Å²) in [5.74, 6) is 1.18. The predicted octanol–water partition coefficient (Wildman–Crippen LogP) is 3.61. The van der Waals surface area contributed by atoms with Gasteiger partial charge in [-0.15, -0.1) is 0 Å². The number of fused-ring (bicyclic) bond motifs is 1. The highest BCUT2D eigenvalue weighted by molar-refractivity contribution is 7.89. The van der Waals surface area contributed by atoms with Gasteiger partial charge in [-0.3, -0.25) is 0 Å². The van der Waals surface area contributed by atoms with E-state index in [1.54, 1.807) is 18.3 Å². The van der Waals surface area contributed by atoms with Crippen LogP contribution in [-0.4, -0.2) is 24.9 Å². The van der Waals surface area contributed by atoms with Crippen LogP contribution in [-0.2, 0) is 16.4 Å². The van der Waals surface area contributed by atoms with Gasteiger partial charge < -0.3 is 10.2 Å². The second kappa shape index (κ2) is 7.38. The van der Waals surface area contributed by atoms with E-state index < -0.39 is 10.0 Å². The van der Waals surface area contributed by atoms with Crippen molar-refractivity contribution in [3.05, 3.63) is 65.3 Å². The first-order valence-corrected chi connectivity index (χ1v) is 10.6. The van der Waals surface area contributed by atoms with Gasteiger partial charge >= 0.3 is 0 Å². The third kappa shape index (κ3) is 3.80. The van der Waals surface area contributed by atoms with Crippen LogP contribution in [0.1, 0.15) is 12.0 Å². The quantitative estimate of drug-likeness (QED) is 0.675. The van der Waals surface area contributed by atoms with Crippen LogP contribution in [0.5, 0.6) is 0 Å². The van der Waals surface area contributed by atoms with Crippen LogP contribution in [0.4, 0.5) is 23.1 Å². The van der Waals surface area contributed by atoms with Crippen molar-refractivity contribution in [3.63, 3.8) is 0 Å². The van der Waals surface area contributed by atoms with E-state index in [4.69, 9.17) is 16.7 Å². The maximum Gasteiger partial charge on any atom is 0.238 e. The first-order valence-electron chi connectivity index (χ1n) is 8.70. The van der Waals surface area contributed by atoms with Crippen LogP contribution < -0.4 is 15.4 Å². The molecule has 0 atom stereocenters. The van der Waals surface area contributed by atoms with E-state index >= 15 is 0 Å². The number of nitrogens with zero attached hydrogens (tertiary/aromatic N) is 3. The van der Waals surface area contributed by atoms with E-state index in [-0.39, 0.29) is 4.90 Å². The highest BCUT2D eigenvalue weighted by Gasteiger charge is 2.21. The number of primary sulfonamides is 1. The average molecular weight is 416 g/mol. The Hall–Kier alpha value is -2.68. The molecule has 0 bridgehead atoms. The Morgan fingerprint density at radius 1 is 1.11 bits per heavy atom. The summed E-state index contributed by atoms with van der Waals surface area (Å²) < 4.78 is 22.7. The maximum absolute atomic E-state index is 11.4.